The van der Waals surface area contributed by atoms with Crippen molar-refractivity contribution in [1.29, 1.82) is 0 Å². The van der Waals surface area contributed by atoms with Gasteiger partial charge in [-0.3, -0.25) is 14.4 Å². The van der Waals surface area contributed by atoms with Crippen molar-refractivity contribution in [3.05, 3.63) is 63.5 Å². The molecule has 1 aromatic carbocycles. The van der Waals surface area contributed by atoms with Gasteiger partial charge >= 0.3 is 0 Å². The Hall–Kier alpha value is -3.66. The summed E-state index contributed by atoms with van der Waals surface area (Å²) in [7, 11) is 0. The van der Waals surface area contributed by atoms with Crippen LogP contribution in [0, 0.1) is 0 Å². The summed E-state index contributed by atoms with van der Waals surface area (Å²) in [5.74, 6) is -0.411. The number of aromatic nitrogens is 3. The van der Waals surface area contributed by atoms with Crippen LogP contribution in [0.25, 0.3) is 0 Å². The molecule has 1 aliphatic rings. The van der Waals surface area contributed by atoms with E-state index >= 15 is 0 Å². The summed E-state index contributed by atoms with van der Waals surface area (Å²) in [5, 5.41) is 9.01. The van der Waals surface area contributed by atoms with E-state index in [1.54, 1.807) is 6.92 Å². The molecule has 3 aromatic rings. The van der Waals surface area contributed by atoms with Crippen LogP contribution >= 0.6 is 11.3 Å². The first-order valence-electron chi connectivity index (χ1n) is 10.9. The van der Waals surface area contributed by atoms with Gasteiger partial charge in [0.25, 0.3) is 11.8 Å². The van der Waals surface area contributed by atoms with Gasteiger partial charge < -0.3 is 16.0 Å². The molecule has 0 spiro atoms. The quantitative estimate of drug-likeness (QED) is 0.511. The van der Waals surface area contributed by atoms with Crippen molar-refractivity contribution in [1.82, 2.24) is 20.3 Å². The van der Waals surface area contributed by atoms with E-state index in [9.17, 15) is 14.4 Å². The molecule has 3 amide bonds. The normalized spacial score (nSPS) is 14.1. The number of hydrogen-bond donors (Lipinski definition) is 3. The van der Waals surface area contributed by atoms with E-state index in [4.69, 9.17) is 0 Å². The van der Waals surface area contributed by atoms with E-state index in [1.165, 1.54) is 29.4 Å². The Morgan fingerprint density at radius 2 is 1.79 bits per heavy atom. The highest BCUT2D eigenvalue weighted by Gasteiger charge is 2.25. The molecule has 3 heterocycles. The maximum absolute atomic E-state index is 12.8. The molecule has 4 rings (SSSR count). The van der Waals surface area contributed by atoms with Crippen molar-refractivity contribution >= 4 is 40.6 Å². The minimum Gasteiger partial charge on any atom is -0.342 e. The van der Waals surface area contributed by atoms with Crippen LogP contribution in [-0.4, -0.2) is 32.7 Å². The van der Waals surface area contributed by atoms with E-state index in [1.807, 2.05) is 24.3 Å². The molecule has 0 aliphatic carbocycles. The van der Waals surface area contributed by atoms with Crippen molar-refractivity contribution in [3.63, 3.8) is 0 Å². The lowest BCUT2D eigenvalue weighted by Gasteiger charge is -2.19. The van der Waals surface area contributed by atoms with Crippen molar-refractivity contribution in [2.24, 2.45) is 0 Å². The Balaban J connectivity index is 1.41. The predicted octanol–water partition coefficient (Wildman–Crippen LogP) is 3.86. The maximum atomic E-state index is 12.8. The minimum atomic E-state index is -0.436. The second-order valence-electron chi connectivity index (χ2n) is 9.14. The average molecular weight is 479 g/mol. The summed E-state index contributed by atoms with van der Waals surface area (Å²) in [6, 6.07) is 7.34. The highest BCUT2D eigenvalue weighted by Crippen LogP contribution is 2.26. The van der Waals surface area contributed by atoms with Crippen molar-refractivity contribution in [2.75, 3.05) is 10.6 Å². The minimum absolute atomic E-state index is 0.0364. The SMILES string of the molecule is C[C@@H](NC(=O)c1ncnc2c1CCC(=O)N2)c1ncc(C(=O)Nc2ccc(C(C)(C)C)cc2)s1. The number of rotatable bonds is 5. The molecule has 1 atom stereocenters. The molecule has 10 heteroatoms. The predicted molar refractivity (Wildman–Crippen MR) is 130 cm³/mol. The van der Waals surface area contributed by atoms with Crippen LogP contribution in [-0.2, 0) is 16.6 Å². The molecule has 176 valence electrons. The van der Waals surface area contributed by atoms with Gasteiger partial charge in [0.05, 0.1) is 12.2 Å². The number of benzene rings is 1. The summed E-state index contributed by atoms with van der Waals surface area (Å²) in [6.07, 6.45) is 3.44. The fraction of sp³-hybridized carbons (Fsp3) is 0.333. The lowest BCUT2D eigenvalue weighted by Crippen LogP contribution is -2.30. The van der Waals surface area contributed by atoms with E-state index < -0.39 is 6.04 Å². The summed E-state index contributed by atoms with van der Waals surface area (Å²) in [4.78, 5) is 50.0. The van der Waals surface area contributed by atoms with E-state index in [-0.39, 0.29) is 35.3 Å². The molecule has 0 bridgehead atoms. The van der Waals surface area contributed by atoms with Crippen molar-refractivity contribution in [2.45, 2.75) is 52.0 Å². The van der Waals surface area contributed by atoms with Crippen LogP contribution in [0.2, 0.25) is 0 Å². The van der Waals surface area contributed by atoms with Gasteiger partial charge in [-0.25, -0.2) is 15.0 Å². The fourth-order valence-electron chi connectivity index (χ4n) is 3.55. The lowest BCUT2D eigenvalue weighted by atomic mass is 9.87. The molecule has 9 nitrogen and oxygen atoms in total. The zero-order chi connectivity index (χ0) is 24.5. The number of nitrogens with one attached hydrogen (secondary N) is 3. The third kappa shape index (κ3) is 5.12. The summed E-state index contributed by atoms with van der Waals surface area (Å²) in [5.41, 5.74) is 2.76. The Morgan fingerprint density at radius 1 is 1.06 bits per heavy atom. The van der Waals surface area contributed by atoms with Gasteiger partial charge in [-0.1, -0.05) is 32.9 Å². The molecule has 2 aromatic heterocycles. The van der Waals surface area contributed by atoms with Crippen LogP contribution in [0.5, 0.6) is 0 Å². The molecule has 0 saturated carbocycles. The monoisotopic (exact) mass is 478 g/mol. The van der Waals surface area contributed by atoms with Crippen LogP contribution < -0.4 is 16.0 Å². The maximum Gasteiger partial charge on any atom is 0.270 e. The van der Waals surface area contributed by atoms with Gasteiger partial charge in [-0.05, 0) is 36.5 Å². The lowest BCUT2D eigenvalue weighted by molar-refractivity contribution is -0.116. The zero-order valence-electron chi connectivity index (χ0n) is 19.4. The van der Waals surface area contributed by atoms with Crippen LogP contribution in [0.1, 0.15) is 76.5 Å². The molecule has 0 radical (unpaired) electrons. The fourth-order valence-corrected chi connectivity index (χ4v) is 4.37. The summed E-state index contributed by atoms with van der Waals surface area (Å²) < 4.78 is 0. The number of carbonyl (C=O) groups is 3. The topological polar surface area (TPSA) is 126 Å². The third-order valence-electron chi connectivity index (χ3n) is 5.49. The number of carbonyl (C=O) groups excluding carboxylic acids is 3. The molecule has 0 saturated heterocycles. The third-order valence-corrected chi connectivity index (χ3v) is 6.67. The van der Waals surface area contributed by atoms with Gasteiger partial charge in [0, 0.05) is 17.7 Å². The van der Waals surface area contributed by atoms with Crippen LogP contribution in [0.3, 0.4) is 0 Å². The Bertz CT molecular complexity index is 1250. The second kappa shape index (κ2) is 9.30. The van der Waals surface area contributed by atoms with Crippen LogP contribution in [0.15, 0.2) is 36.8 Å². The molecule has 0 unspecified atom stereocenters. The van der Waals surface area contributed by atoms with Gasteiger partial charge in [-0.15, -0.1) is 11.3 Å². The van der Waals surface area contributed by atoms with Gasteiger partial charge in [0.1, 0.15) is 27.7 Å². The first kappa shape index (κ1) is 23.5. The number of anilines is 2. The van der Waals surface area contributed by atoms with Gasteiger partial charge in [0.15, 0.2) is 0 Å². The van der Waals surface area contributed by atoms with Crippen molar-refractivity contribution in [3.8, 4) is 0 Å². The zero-order valence-corrected chi connectivity index (χ0v) is 20.2. The summed E-state index contributed by atoms with van der Waals surface area (Å²) in [6.45, 7) is 8.20. The molecule has 34 heavy (non-hydrogen) atoms. The highest BCUT2D eigenvalue weighted by atomic mass is 32.1. The summed E-state index contributed by atoms with van der Waals surface area (Å²) >= 11 is 1.21. The number of hydrogen-bond acceptors (Lipinski definition) is 7. The molecular weight excluding hydrogens is 452 g/mol. The van der Waals surface area contributed by atoms with E-state index in [0.717, 1.165) is 0 Å². The standard InChI is InChI=1S/C24H26N6O3S/c1-13(28-22(33)19-16-9-10-18(31)30-20(16)27-12-26-19)23-25-11-17(34-23)21(32)29-15-7-5-14(6-8-15)24(2,3)4/h5-8,11-13H,9-10H2,1-4H3,(H,28,33)(H,29,32)(H,26,27,30,31)/t13-/m1/s1. The Morgan fingerprint density at radius 3 is 2.50 bits per heavy atom. The second-order valence-corrected chi connectivity index (χ2v) is 10.2. The number of nitrogens with zero attached hydrogens (tertiary/aromatic N) is 3. The van der Waals surface area contributed by atoms with Crippen molar-refractivity contribution < 1.29 is 14.4 Å². The van der Waals surface area contributed by atoms with Gasteiger partial charge in [0.2, 0.25) is 5.91 Å². The molecule has 0 fully saturated rings. The number of amides is 3. The number of fused-ring (bicyclic) bond motifs is 1. The van der Waals surface area contributed by atoms with E-state index in [0.29, 0.717) is 33.4 Å². The Labute approximate surface area is 201 Å². The van der Waals surface area contributed by atoms with E-state index in [2.05, 4.69) is 51.7 Å². The highest BCUT2D eigenvalue weighted by molar-refractivity contribution is 7.13. The Kier molecular flexibility index (Phi) is 6.43. The largest absolute Gasteiger partial charge is 0.342 e. The molecular formula is C24H26N6O3S. The number of thiazole rings is 1. The first-order valence-corrected chi connectivity index (χ1v) is 11.8. The first-order chi connectivity index (χ1) is 16.1. The average Bonchev–Trinajstić information content (AvgIpc) is 3.29. The molecule has 3 N–H and O–H groups in total. The van der Waals surface area contributed by atoms with Gasteiger partial charge in [-0.2, -0.15) is 0 Å². The van der Waals surface area contributed by atoms with Crippen LogP contribution in [0.4, 0.5) is 11.5 Å². The molecule has 1 aliphatic heterocycles. The smallest absolute Gasteiger partial charge is 0.270 e.